The van der Waals surface area contributed by atoms with Crippen LogP contribution in [-0.2, 0) is 0 Å². The minimum absolute atomic E-state index is 1.03. The topological polar surface area (TPSA) is 17.3 Å². The summed E-state index contributed by atoms with van der Waals surface area (Å²) >= 11 is 0. The van der Waals surface area contributed by atoms with Crippen LogP contribution in [0.3, 0.4) is 0 Å². The first-order valence-electron chi connectivity index (χ1n) is 8.67. The molecule has 0 aliphatic rings. The molecule has 0 saturated carbocycles. The van der Waals surface area contributed by atoms with Crippen LogP contribution < -0.4 is 0 Å². The predicted molar refractivity (Wildman–Crippen MR) is 105 cm³/mol. The molecule has 2 heteroatoms. The van der Waals surface area contributed by atoms with Gasteiger partial charge in [-0.15, -0.1) is 0 Å². The van der Waals surface area contributed by atoms with Gasteiger partial charge in [-0.1, -0.05) is 42.5 Å². The van der Waals surface area contributed by atoms with Crippen LogP contribution in [0, 0.1) is 27.7 Å². The molecule has 4 aromatic rings. The van der Waals surface area contributed by atoms with Crippen LogP contribution >= 0.6 is 0 Å². The van der Waals surface area contributed by atoms with Crippen molar-refractivity contribution < 1.29 is 0 Å². The number of pyridine rings is 1. The number of imidazole rings is 1. The van der Waals surface area contributed by atoms with E-state index < -0.39 is 0 Å². The number of hydrogen-bond donors (Lipinski definition) is 0. The molecule has 0 atom stereocenters. The second-order valence-corrected chi connectivity index (χ2v) is 6.79. The van der Waals surface area contributed by atoms with E-state index in [4.69, 9.17) is 4.98 Å². The number of hydrogen-bond acceptors (Lipinski definition) is 1. The maximum absolute atomic E-state index is 4.95. The minimum Gasteiger partial charge on any atom is -0.306 e. The Morgan fingerprint density at radius 3 is 2.12 bits per heavy atom. The highest BCUT2D eigenvalue weighted by Gasteiger charge is 2.14. The quantitative estimate of drug-likeness (QED) is 0.448. The van der Waals surface area contributed by atoms with Gasteiger partial charge in [0.25, 0.3) is 0 Å². The highest BCUT2D eigenvalue weighted by Crippen LogP contribution is 2.32. The lowest BCUT2D eigenvalue weighted by Crippen LogP contribution is -1.94. The minimum atomic E-state index is 1.03. The Bertz CT molecular complexity index is 1070. The second-order valence-electron chi connectivity index (χ2n) is 6.79. The molecular weight excluding hydrogens is 304 g/mol. The van der Waals surface area contributed by atoms with Gasteiger partial charge >= 0.3 is 0 Å². The first-order chi connectivity index (χ1) is 12.1. The molecule has 0 aliphatic carbocycles. The molecule has 0 unspecified atom stereocenters. The Hall–Kier alpha value is -2.87. The Balaban J connectivity index is 1.94. The third-order valence-electron chi connectivity index (χ3n) is 5.04. The van der Waals surface area contributed by atoms with Crippen molar-refractivity contribution in [1.29, 1.82) is 0 Å². The van der Waals surface area contributed by atoms with Crippen molar-refractivity contribution in [3.63, 3.8) is 0 Å². The van der Waals surface area contributed by atoms with Crippen LogP contribution in [-0.4, -0.2) is 9.38 Å². The fourth-order valence-electron chi connectivity index (χ4n) is 3.69. The molecule has 2 aromatic carbocycles. The van der Waals surface area contributed by atoms with Gasteiger partial charge in [0, 0.05) is 23.5 Å². The molecule has 0 amide bonds. The van der Waals surface area contributed by atoms with Gasteiger partial charge in [-0.3, -0.25) is 0 Å². The largest absolute Gasteiger partial charge is 0.306 e. The van der Waals surface area contributed by atoms with E-state index in [-0.39, 0.29) is 0 Å². The van der Waals surface area contributed by atoms with Crippen molar-refractivity contribution in [3.05, 3.63) is 83.2 Å². The zero-order valence-electron chi connectivity index (χ0n) is 15.2. The third kappa shape index (κ3) is 2.54. The Labute approximate surface area is 148 Å². The lowest BCUT2D eigenvalue weighted by atomic mass is 9.94. The van der Waals surface area contributed by atoms with E-state index in [2.05, 4.69) is 93.0 Å². The average Bonchev–Trinajstić information content (AvgIpc) is 3.02. The fourth-order valence-corrected chi connectivity index (χ4v) is 3.69. The van der Waals surface area contributed by atoms with Crippen molar-refractivity contribution >= 4 is 5.65 Å². The normalized spacial score (nSPS) is 11.2. The predicted octanol–water partition coefficient (Wildman–Crippen LogP) is 5.90. The van der Waals surface area contributed by atoms with Gasteiger partial charge < -0.3 is 4.40 Å². The van der Waals surface area contributed by atoms with E-state index in [9.17, 15) is 0 Å². The molecule has 4 rings (SSSR count). The summed E-state index contributed by atoms with van der Waals surface area (Å²) in [5.41, 5.74) is 10.9. The number of fused-ring (bicyclic) bond motifs is 1. The highest BCUT2D eigenvalue weighted by molar-refractivity contribution is 5.79. The molecule has 0 spiro atoms. The standard InChI is InChI=1S/C23H22N2/c1-15-8-5-6-11-19(15)21-14-25-13-12-20(18(4)23(25)24-21)22-16(2)9-7-10-17(22)3/h5-14H,1-4H3. The fraction of sp³-hybridized carbons (Fsp3) is 0.174. The lowest BCUT2D eigenvalue weighted by molar-refractivity contribution is 1.16. The molecular formula is C23H22N2. The Morgan fingerprint density at radius 1 is 0.720 bits per heavy atom. The Kier molecular flexibility index (Phi) is 3.69. The van der Waals surface area contributed by atoms with Crippen molar-refractivity contribution in [1.82, 2.24) is 9.38 Å². The smallest absolute Gasteiger partial charge is 0.140 e. The second kappa shape index (κ2) is 5.89. The molecule has 0 radical (unpaired) electrons. The van der Waals surface area contributed by atoms with Crippen LogP contribution in [0.5, 0.6) is 0 Å². The third-order valence-corrected chi connectivity index (χ3v) is 5.04. The summed E-state index contributed by atoms with van der Waals surface area (Å²) in [6, 6.07) is 17.1. The van der Waals surface area contributed by atoms with E-state index >= 15 is 0 Å². The summed E-state index contributed by atoms with van der Waals surface area (Å²) in [6.45, 7) is 8.66. The van der Waals surface area contributed by atoms with Crippen molar-refractivity contribution in [2.45, 2.75) is 27.7 Å². The summed E-state index contributed by atoms with van der Waals surface area (Å²) < 4.78 is 2.13. The van der Waals surface area contributed by atoms with Gasteiger partial charge in [-0.25, -0.2) is 4.98 Å². The maximum atomic E-state index is 4.95. The first-order valence-corrected chi connectivity index (χ1v) is 8.67. The lowest BCUT2D eigenvalue weighted by Gasteiger charge is -2.13. The Morgan fingerprint density at radius 2 is 1.40 bits per heavy atom. The monoisotopic (exact) mass is 326 g/mol. The number of aromatic nitrogens is 2. The molecule has 2 nitrogen and oxygen atoms in total. The summed E-state index contributed by atoms with van der Waals surface area (Å²) in [6.07, 6.45) is 4.25. The molecule has 2 heterocycles. The molecule has 0 aliphatic heterocycles. The van der Waals surface area contributed by atoms with E-state index in [0.717, 1.165) is 11.3 Å². The number of benzene rings is 2. The van der Waals surface area contributed by atoms with Gasteiger partial charge in [0.1, 0.15) is 5.65 Å². The average molecular weight is 326 g/mol. The van der Waals surface area contributed by atoms with Crippen LogP contribution in [0.25, 0.3) is 28.0 Å². The van der Waals surface area contributed by atoms with Crippen LogP contribution in [0.4, 0.5) is 0 Å². The van der Waals surface area contributed by atoms with Crippen molar-refractivity contribution in [2.75, 3.05) is 0 Å². The highest BCUT2D eigenvalue weighted by atomic mass is 15.0. The number of aryl methyl sites for hydroxylation is 4. The van der Waals surface area contributed by atoms with Crippen LogP contribution in [0.15, 0.2) is 60.9 Å². The molecule has 0 fully saturated rings. The number of rotatable bonds is 2. The van der Waals surface area contributed by atoms with Crippen molar-refractivity contribution in [2.24, 2.45) is 0 Å². The van der Waals surface area contributed by atoms with Crippen LogP contribution in [0.2, 0.25) is 0 Å². The SMILES string of the molecule is Cc1ccccc1-c1cn2ccc(-c3c(C)cccc3C)c(C)c2n1. The summed E-state index contributed by atoms with van der Waals surface area (Å²) in [5, 5.41) is 0. The van der Waals surface area contributed by atoms with E-state index in [1.165, 1.54) is 38.9 Å². The molecule has 0 bridgehead atoms. The van der Waals surface area contributed by atoms with Crippen molar-refractivity contribution in [3.8, 4) is 22.4 Å². The molecule has 124 valence electrons. The van der Waals surface area contributed by atoms with E-state index in [1.807, 2.05) is 0 Å². The molecule has 0 N–H and O–H groups in total. The first kappa shape index (κ1) is 15.6. The van der Waals surface area contributed by atoms with E-state index in [1.54, 1.807) is 0 Å². The van der Waals surface area contributed by atoms with Gasteiger partial charge in [0.05, 0.1) is 5.69 Å². The molecule has 0 saturated heterocycles. The molecule has 2 aromatic heterocycles. The summed E-state index contributed by atoms with van der Waals surface area (Å²) in [4.78, 5) is 4.95. The van der Waals surface area contributed by atoms with Gasteiger partial charge in [-0.2, -0.15) is 0 Å². The van der Waals surface area contributed by atoms with E-state index in [0.29, 0.717) is 0 Å². The van der Waals surface area contributed by atoms with Gasteiger partial charge in [-0.05, 0) is 61.6 Å². The summed E-state index contributed by atoms with van der Waals surface area (Å²) in [5.74, 6) is 0. The zero-order valence-corrected chi connectivity index (χ0v) is 15.2. The van der Waals surface area contributed by atoms with Gasteiger partial charge in [0.2, 0.25) is 0 Å². The summed E-state index contributed by atoms with van der Waals surface area (Å²) in [7, 11) is 0. The molecule has 25 heavy (non-hydrogen) atoms. The zero-order chi connectivity index (χ0) is 17.6. The number of nitrogens with zero attached hydrogens (tertiary/aromatic N) is 2. The van der Waals surface area contributed by atoms with Crippen LogP contribution in [0.1, 0.15) is 22.3 Å². The maximum Gasteiger partial charge on any atom is 0.140 e. The van der Waals surface area contributed by atoms with Gasteiger partial charge in [0.15, 0.2) is 0 Å².